The van der Waals surface area contributed by atoms with E-state index >= 15 is 0 Å². The molecule has 1 aliphatic carbocycles. The number of ether oxygens (including phenoxy) is 2. The first-order chi connectivity index (χ1) is 21.2. The Labute approximate surface area is 266 Å². The van der Waals surface area contributed by atoms with Crippen molar-refractivity contribution in [1.29, 1.82) is 0 Å². The molecule has 0 saturated heterocycles. The lowest BCUT2D eigenvalue weighted by molar-refractivity contribution is -0.146. The van der Waals surface area contributed by atoms with Crippen molar-refractivity contribution in [2.24, 2.45) is 5.41 Å². The van der Waals surface area contributed by atoms with Crippen LogP contribution in [0.5, 0.6) is 5.75 Å². The van der Waals surface area contributed by atoms with Gasteiger partial charge in [-0.3, -0.25) is 14.4 Å². The number of hydrogen-bond acceptors (Lipinski definition) is 6. The lowest BCUT2D eigenvalue weighted by Crippen LogP contribution is -2.50. The average molecular weight is 641 g/mol. The van der Waals surface area contributed by atoms with E-state index < -0.39 is 23.3 Å². The highest BCUT2D eigenvalue weighted by atomic mass is 35.5. The third kappa shape index (κ3) is 8.09. The molecule has 0 aliphatic heterocycles. The molecule has 1 atom stereocenters. The van der Waals surface area contributed by atoms with Gasteiger partial charge in [-0.1, -0.05) is 54.2 Å². The smallest absolute Gasteiger partial charge is 0.328 e. The zero-order chi connectivity index (χ0) is 31.7. The van der Waals surface area contributed by atoms with E-state index in [-0.39, 0.29) is 33.8 Å². The molecule has 1 saturated carbocycles. The number of hydrogen-bond donors (Lipinski definition) is 3. The minimum absolute atomic E-state index is 0.175. The molecule has 3 amide bonds. The number of carbonyl (C=O) groups is 4. The fourth-order valence-corrected chi connectivity index (χ4v) is 5.99. The number of carbonyl (C=O) groups excluding carboxylic acids is 4. The standard InChI is InChI=1S/C33H35Cl2N3O6/c1-43-24-14-10-22(11-15-24)29(39)36-19-18-33(16-3-4-17-33)32(42)38-27(31(41)44-2)20-21-8-12-23(13-9-21)37-30(40)28-25(34)6-5-7-26(28)35/h5-15,27H,3-4,16-20H2,1-2H3,(H,36,39)(H,37,40)(H,38,42). The predicted octanol–water partition coefficient (Wildman–Crippen LogP) is 5.84. The monoisotopic (exact) mass is 639 g/mol. The lowest BCUT2D eigenvalue weighted by Gasteiger charge is -2.30. The number of benzene rings is 3. The van der Waals surface area contributed by atoms with Crippen molar-refractivity contribution in [2.75, 3.05) is 26.1 Å². The van der Waals surface area contributed by atoms with Crippen LogP contribution in [0.15, 0.2) is 66.7 Å². The van der Waals surface area contributed by atoms with Crippen molar-refractivity contribution in [2.45, 2.75) is 44.6 Å². The Morgan fingerprint density at radius 2 is 1.50 bits per heavy atom. The van der Waals surface area contributed by atoms with Gasteiger partial charge >= 0.3 is 5.97 Å². The lowest BCUT2D eigenvalue weighted by atomic mass is 9.81. The summed E-state index contributed by atoms with van der Waals surface area (Å²) in [5.74, 6) is -0.822. The molecule has 11 heteroatoms. The van der Waals surface area contributed by atoms with Gasteiger partial charge in [0, 0.05) is 24.2 Å². The van der Waals surface area contributed by atoms with Crippen LogP contribution in [0.1, 0.15) is 58.4 Å². The molecule has 0 radical (unpaired) electrons. The van der Waals surface area contributed by atoms with Crippen molar-refractivity contribution in [3.05, 3.63) is 93.5 Å². The second-order valence-electron chi connectivity index (χ2n) is 10.7. The van der Waals surface area contributed by atoms with Gasteiger partial charge in [0.05, 0.1) is 35.2 Å². The first-order valence-electron chi connectivity index (χ1n) is 14.3. The minimum atomic E-state index is -0.916. The second-order valence-corrected chi connectivity index (χ2v) is 11.5. The van der Waals surface area contributed by atoms with E-state index in [1.54, 1.807) is 73.8 Å². The Balaban J connectivity index is 1.38. The van der Waals surface area contributed by atoms with Crippen LogP contribution >= 0.6 is 23.2 Å². The van der Waals surface area contributed by atoms with Crippen LogP contribution in [0.4, 0.5) is 5.69 Å². The predicted molar refractivity (Wildman–Crippen MR) is 169 cm³/mol. The Bertz CT molecular complexity index is 1470. The fourth-order valence-electron chi connectivity index (χ4n) is 5.42. The van der Waals surface area contributed by atoms with E-state index in [1.807, 2.05) is 0 Å². The zero-order valence-electron chi connectivity index (χ0n) is 24.6. The van der Waals surface area contributed by atoms with Gasteiger partial charge in [0.15, 0.2) is 0 Å². The molecular formula is C33H35Cl2N3O6. The first-order valence-corrected chi connectivity index (χ1v) is 15.1. The number of esters is 1. The quantitative estimate of drug-likeness (QED) is 0.214. The topological polar surface area (TPSA) is 123 Å². The van der Waals surface area contributed by atoms with Crippen molar-refractivity contribution in [3.8, 4) is 5.75 Å². The van der Waals surface area contributed by atoms with Crippen molar-refractivity contribution >= 4 is 52.6 Å². The maximum atomic E-state index is 13.7. The van der Waals surface area contributed by atoms with Crippen molar-refractivity contribution in [1.82, 2.24) is 10.6 Å². The summed E-state index contributed by atoms with van der Waals surface area (Å²) in [6, 6.07) is 17.6. The molecule has 1 unspecified atom stereocenters. The molecular weight excluding hydrogens is 605 g/mol. The van der Waals surface area contributed by atoms with Crippen LogP contribution < -0.4 is 20.7 Å². The molecule has 1 fully saturated rings. The van der Waals surface area contributed by atoms with Crippen LogP contribution in [0.3, 0.4) is 0 Å². The van der Waals surface area contributed by atoms with Gasteiger partial charge in [-0.25, -0.2) is 4.79 Å². The maximum absolute atomic E-state index is 13.7. The number of amides is 3. The molecule has 0 bridgehead atoms. The molecule has 3 aromatic carbocycles. The van der Waals surface area contributed by atoms with E-state index in [9.17, 15) is 19.2 Å². The second kappa shape index (κ2) is 15.1. The fraction of sp³-hybridized carbons (Fsp3) is 0.333. The molecule has 3 N–H and O–H groups in total. The summed E-state index contributed by atoms with van der Waals surface area (Å²) < 4.78 is 10.1. The number of halogens is 2. The Morgan fingerprint density at radius 3 is 2.09 bits per heavy atom. The molecule has 9 nitrogen and oxygen atoms in total. The zero-order valence-corrected chi connectivity index (χ0v) is 26.1. The third-order valence-corrected chi connectivity index (χ3v) is 8.55. The van der Waals surface area contributed by atoms with Gasteiger partial charge in [0.2, 0.25) is 5.91 Å². The van der Waals surface area contributed by atoms with Crippen molar-refractivity contribution in [3.63, 3.8) is 0 Å². The largest absolute Gasteiger partial charge is 0.497 e. The van der Waals surface area contributed by atoms with Crippen LogP contribution in [0.2, 0.25) is 10.0 Å². The molecule has 0 spiro atoms. The molecule has 0 heterocycles. The van der Waals surface area contributed by atoms with E-state index in [4.69, 9.17) is 32.7 Å². The van der Waals surface area contributed by atoms with E-state index in [1.165, 1.54) is 7.11 Å². The summed E-state index contributed by atoms with van der Waals surface area (Å²) in [6.45, 7) is 0.313. The third-order valence-electron chi connectivity index (χ3n) is 7.92. The van der Waals surface area contributed by atoms with Gasteiger partial charge < -0.3 is 25.4 Å². The highest BCUT2D eigenvalue weighted by molar-refractivity contribution is 6.40. The van der Waals surface area contributed by atoms with Gasteiger partial charge in [-0.2, -0.15) is 0 Å². The Morgan fingerprint density at radius 1 is 0.864 bits per heavy atom. The van der Waals surface area contributed by atoms with Crippen LogP contribution in [0.25, 0.3) is 0 Å². The number of anilines is 1. The van der Waals surface area contributed by atoms with Gasteiger partial charge in [0.25, 0.3) is 11.8 Å². The average Bonchev–Trinajstić information content (AvgIpc) is 3.51. The minimum Gasteiger partial charge on any atom is -0.497 e. The highest BCUT2D eigenvalue weighted by Gasteiger charge is 2.42. The molecule has 44 heavy (non-hydrogen) atoms. The molecule has 0 aromatic heterocycles. The summed E-state index contributed by atoms with van der Waals surface area (Å²) in [4.78, 5) is 51.7. The number of nitrogens with one attached hydrogen (secondary N) is 3. The van der Waals surface area contributed by atoms with E-state index in [0.717, 1.165) is 18.4 Å². The van der Waals surface area contributed by atoms with Crippen LogP contribution in [-0.2, 0) is 20.7 Å². The summed E-state index contributed by atoms with van der Waals surface area (Å²) in [5.41, 5.74) is 1.24. The summed E-state index contributed by atoms with van der Waals surface area (Å²) in [7, 11) is 2.84. The van der Waals surface area contributed by atoms with E-state index in [2.05, 4.69) is 16.0 Å². The Kier molecular flexibility index (Phi) is 11.3. The van der Waals surface area contributed by atoms with Gasteiger partial charge in [0.1, 0.15) is 11.8 Å². The molecule has 1 aliphatic rings. The SMILES string of the molecule is COC(=O)C(Cc1ccc(NC(=O)c2c(Cl)cccc2Cl)cc1)NC(=O)C1(CCNC(=O)c2ccc(OC)cc2)CCCC1. The molecule has 232 valence electrons. The van der Waals surface area contributed by atoms with Gasteiger partial charge in [-0.05, 0) is 73.4 Å². The number of rotatable bonds is 12. The first kappa shape index (κ1) is 32.8. The normalized spacial score (nSPS) is 14.3. The Hall–Kier alpha value is -4.08. The summed E-state index contributed by atoms with van der Waals surface area (Å²) in [6.07, 6.45) is 3.72. The molecule has 4 rings (SSSR count). The van der Waals surface area contributed by atoms with E-state index in [0.29, 0.717) is 42.8 Å². The highest BCUT2D eigenvalue weighted by Crippen LogP contribution is 2.41. The van der Waals surface area contributed by atoms with Crippen molar-refractivity contribution < 1.29 is 28.7 Å². The van der Waals surface area contributed by atoms with Gasteiger partial charge in [-0.15, -0.1) is 0 Å². The summed E-state index contributed by atoms with van der Waals surface area (Å²) >= 11 is 12.3. The maximum Gasteiger partial charge on any atom is 0.328 e. The van der Waals surface area contributed by atoms with Crippen LogP contribution in [0, 0.1) is 5.41 Å². The number of methoxy groups -OCH3 is 2. The van der Waals surface area contributed by atoms with Crippen LogP contribution in [-0.4, -0.2) is 50.5 Å². The molecule has 3 aromatic rings. The summed E-state index contributed by atoms with van der Waals surface area (Å²) in [5, 5.41) is 9.08.